The first-order valence-corrected chi connectivity index (χ1v) is 11.7. The molecule has 0 spiro atoms. The largest absolute Gasteiger partial charge is 0.373 e. The Morgan fingerprint density at radius 1 is 0.862 bits per heavy atom. The van der Waals surface area contributed by atoms with Crippen LogP contribution in [0.5, 0.6) is 0 Å². The summed E-state index contributed by atoms with van der Waals surface area (Å²) in [5.74, 6) is -0.255. The first-order chi connectivity index (χ1) is 13.8. The van der Waals surface area contributed by atoms with Gasteiger partial charge >= 0.3 is 0 Å². The van der Waals surface area contributed by atoms with Gasteiger partial charge in [0, 0.05) is 16.0 Å². The van der Waals surface area contributed by atoms with Gasteiger partial charge in [-0.15, -0.1) is 0 Å². The molecule has 150 valence electrons. The van der Waals surface area contributed by atoms with E-state index in [1.54, 1.807) is 36.9 Å². The van der Waals surface area contributed by atoms with Crippen molar-refractivity contribution in [1.29, 1.82) is 0 Å². The maximum absolute atomic E-state index is 12.8. The van der Waals surface area contributed by atoms with E-state index in [1.807, 2.05) is 54.6 Å². The van der Waals surface area contributed by atoms with Crippen LogP contribution >= 0.6 is 11.8 Å². The third kappa shape index (κ3) is 5.62. The van der Waals surface area contributed by atoms with Gasteiger partial charge in [-0.05, 0) is 43.3 Å². The molecule has 0 saturated carbocycles. The quantitative estimate of drug-likeness (QED) is 0.574. The maximum atomic E-state index is 12.8. The zero-order valence-corrected chi connectivity index (χ0v) is 17.8. The highest BCUT2D eigenvalue weighted by molar-refractivity contribution is 7.99. The predicted molar refractivity (Wildman–Crippen MR) is 118 cm³/mol. The van der Waals surface area contributed by atoms with Crippen LogP contribution in [0, 0.1) is 0 Å². The van der Waals surface area contributed by atoms with Crippen LogP contribution in [-0.2, 0) is 14.6 Å². The summed E-state index contributed by atoms with van der Waals surface area (Å²) in [7, 11) is -3.40. The summed E-state index contributed by atoms with van der Waals surface area (Å²) in [6.07, 6.45) is 1.15. The molecule has 0 saturated heterocycles. The van der Waals surface area contributed by atoms with Gasteiger partial charge in [-0.25, -0.2) is 8.42 Å². The molecule has 0 aliphatic carbocycles. The smallest absolute Gasteiger partial charge is 0.246 e. The predicted octanol–water partition coefficient (Wildman–Crippen LogP) is 4.68. The zero-order valence-electron chi connectivity index (χ0n) is 16.1. The normalized spacial score (nSPS) is 12.2. The lowest BCUT2D eigenvalue weighted by molar-refractivity contribution is -0.116. The molecule has 29 heavy (non-hydrogen) atoms. The molecule has 0 aromatic heterocycles. The number of anilines is 2. The Bertz CT molecular complexity index is 1100. The van der Waals surface area contributed by atoms with Crippen molar-refractivity contribution in [2.45, 2.75) is 27.7 Å². The van der Waals surface area contributed by atoms with Gasteiger partial charge in [0.2, 0.25) is 5.91 Å². The lowest BCUT2D eigenvalue weighted by atomic mass is 10.2. The number of nitrogens with one attached hydrogen (secondary N) is 2. The monoisotopic (exact) mass is 426 g/mol. The molecule has 0 aliphatic rings. The number of carbonyl (C=O) groups excluding carboxylic acids is 1. The van der Waals surface area contributed by atoms with Crippen LogP contribution in [0.3, 0.4) is 0 Å². The van der Waals surface area contributed by atoms with Crippen LogP contribution in [0.15, 0.2) is 93.5 Å². The third-order valence-corrected chi connectivity index (χ3v) is 6.41. The summed E-state index contributed by atoms with van der Waals surface area (Å²) >= 11 is 1.56. The molecule has 3 aromatic carbocycles. The van der Waals surface area contributed by atoms with E-state index in [9.17, 15) is 13.2 Å². The minimum Gasteiger partial charge on any atom is -0.373 e. The molecule has 0 fully saturated rings. The van der Waals surface area contributed by atoms with Gasteiger partial charge in [0.25, 0.3) is 0 Å². The molecular weight excluding hydrogens is 404 g/mol. The van der Waals surface area contributed by atoms with Crippen molar-refractivity contribution in [1.82, 2.24) is 0 Å². The highest BCUT2D eigenvalue weighted by Crippen LogP contribution is 2.33. The van der Waals surface area contributed by atoms with Crippen molar-refractivity contribution in [3.8, 4) is 0 Å². The van der Waals surface area contributed by atoms with E-state index in [4.69, 9.17) is 0 Å². The van der Waals surface area contributed by atoms with Crippen molar-refractivity contribution in [3.63, 3.8) is 0 Å². The molecule has 5 nitrogen and oxygen atoms in total. The number of amides is 1. The average molecular weight is 427 g/mol. The summed E-state index contributed by atoms with van der Waals surface area (Å²) in [5.41, 5.74) is 1.11. The fourth-order valence-corrected chi connectivity index (χ4v) is 4.50. The minimum absolute atomic E-state index is 0.166. The molecule has 1 unspecified atom stereocenters. The number of benzene rings is 3. The molecule has 1 atom stereocenters. The minimum atomic E-state index is -3.40. The highest BCUT2D eigenvalue weighted by atomic mass is 32.2. The van der Waals surface area contributed by atoms with E-state index in [2.05, 4.69) is 10.6 Å². The summed E-state index contributed by atoms with van der Waals surface area (Å²) < 4.78 is 23.9. The Morgan fingerprint density at radius 3 is 2.14 bits per heavy atom. The first kappa shape index (κ1) is 21.0. The van der Waals surface area contributed by atoms with E-state index in [0.717, 1.165) is 16.0 Å². The van der Waals surface area contributed by atoms with Crippen molar-refractivity contribution in [3.05, 3.63) is 78.9 Å². The van der Waals surface area contributed by atoms with Crippen LogP contribution in [0.2, 0.25) is 0 Å². The molecule has 1 amide bonds. The second kappa shape index (κ2) is 9.15. The zero-order chi connectivity index (χ0) is 20.9. The fourth-order valence-electron chi connectivity index (χ4n) is 2.72. The fraction of sp³-hybridized carbons (Fsp3) is 0.136. The Balaban J connectivity index is 1.75. The Kier molecular flexibility index (Phi) is 6.61. The van der Waals surface area contributed by atoms with Crippen LogP contribution in [-0.4, -0.2) is 26.6 Å². The molecule has 2 N–H and O–H groups in total. The molecule has 0 heterocycles. The average Bonchev–Trinajstić information content (AvgIpc) is 2.70. The topological polar surface area (TPSA) is 75.3 Å². The van der Waals surface area contributed by atoms with E-state index >= 15 is 0 Å². The summed E-state index contributed by atoms with van der Waals surface area (Å²) in [6, 6.07) is 23.4. The number of hydrogen-bond donors (Lipinski definition) is 2. The van der Waals surface area contributed by atoms with Gasteiger partial charge in [0.15, 0.2) is 9.84 Å². The molecule has 7 heteroatoms. The Labute approximate surface area is 175 Å². The number of rotatable bonds is 7. The molecule has 3 rings (SSSR count). The van der Waals surface area contributed by atoms with E-state index in [1.165, 1.54) is 6.07 Å². The van der Waals surface area contributed by atoms with Gasteiger partial charge < -0.3 is 10.6 Å². The number of hydrogen-bond acceptors (Lipinski definition) is 5. The van der Waals surface area contributed by atoms with Crippen molar-refractivity contribution >= 4 is 38.9 Å². The van der Waals surface area contributed by atoms with Crippen molar-refractivity contribution < 1.29 is 13.2 Å². The summed E-state index contributed by atoms with van der Waals surface area (Å²) in [6.45, 7) is 1.70. The van der Waals surface area contributed by atoms with Crippen LogP contribution in [0.1, 0.15) is 6.92 Å². The van der Waals surface area contributed by atoms with Crippen LogP contribution in [0.4, 0.5) is 11.4 Å². The first-order valence-electron chi connectivity index (χ1n) is 9.03. The number of para-hydroxylation sites is 2. The van der Waals surface area contributed by atoms with Crippen LogP contribution < -0.4 is 10.6 Å². The Morgan fingerprint density at radius 2 is 1.45 bits per heavy atom. The van der Waals surface area contributed by atoms with E-state index in [-0.39, 0.29) is 10.8 Å². The molecule has 0 aliphatic heterocycles. The molecule has 0 bridgehead atoms. The van der Waals surface area contributed by atoms with Gasteiger partial charge in [-0.2, -0.15) is 0 Å². The number of sulfone groups is 1. The third-order valence-electron chi connectivity index (χ3n) is 4.17. The van der Waals surface area contributed by atoms with Gasteiger partial charge in [0.05, 0.1) is 16.3 Å². The Hall–Kier alpha value is -2.77. The summed E-state index contributed by atoms with van der Waals surface area (Å²) in [4.78, 5) is 14.9. The molecule has 3 aromatic rings. The van der Waals surface area contributed by atoms with Crippen molar-refractivity contribution in [2.75, 3.05) is 16.9 Å². The van der Waals surface area contributed by atoms with Crippen molar-refractivity contribution in [2.24, 2.45) is 0 Å². The highest BCUT2D eigenvalue weighted by Gasteiger charge is 2.19. The van der Waals surface area contributed by atoms with Gasteiger partial charge in [-0.3, -0.25) is 4.79 Å². The summed E-state index contributed by atoms with van der Waals surface area (Å²) in [5, 5.41) is 5.95. The standard InChI is InChI=1S/C22H22N2O3S2/c1-16(23-19-13-7-9-15-21(19)29(2,26)27)22(25)24-18-12-6-8-14-20(18)28-17-10-4-3-5-11-17/h3-16,23H,1-2H3,(H,24,25). The second-order valence-electron chi connectivity index (χ2n) is 6.53. The molecular formula is C22H22N2O3S2. The SMILES string of the molecule is CC(Nc1ccccc1S(C)(=O)=O)C(=O)Nc1ccccc1Sc1ccccc1. The lowest BCUT2D eigenvalue weighted by Gasteiger charge is -2.18. The van der Waals surface area contributed by atoms with Crippen LogP contribution in [0.25, 0.3) is 0 Å². The van der Waals surface area contributed by atoms with E-state index < -0.39 is 15.9 Å². The maximum Gasteiger partial charge on any atom is 0.246 e. The molecule has 0 radical (unpaired) electrons. The number of carbonyl (C=O) groups is 1. The van der Waals surface area contributed by atoms with Gasteiger partial charge in [-0.1, -0.05) is 54.2 Å². The van der Waals surface area contributed by atoms with Gasteiger partial charge in [0.1, 0.15) is 6.04 Å². The lowest BCUT2D eigenvalue weighted by Crippen LogP contribution is -2.32. The van der Waals surface area contributed by atoms with E-state index in [0.29, 0.717) is 11.4 Å². The second-order valence-corrected chi connectivity index (χ2v) is 9.63.